The lowest BCUT2D eigenvalue weighted by Crippen LogP contribution is -2.46. The zero-order chi connectivity index (χ0) is 17.4. The lowest BCUT2D eigenvalue weighted by atomic mass is 10.0. The molecular weight excluding hydrogens is 377 g/mol. The van der Waals surface area contributed by atoms with Gasteiger partial charge >= 0.3 is 6.18 Å². The molecule has 0 aliphatic carbocycles. The Morgan fingerprint density at radius 2 is 1.91 bits per heavy atom. The quantitative estimate of drug-likeness (QED) is 0.854. The average molecular weight is 397 g/mol. The minimum Gasteiger partial charge on any atom is -0.348 e. The molecule has 0 radical (unpaired) electrons. The highest BCUT2D eigenvalue weighted by Crippen LogP contribution is 2.35. The molecule has 1 aliphatic rings. The Balaban J connectivity index is 2.06. The first-order valence-electron chi connectivity index (χ1n) is 7.46. The Hall–Kier alpha value is -1.09. The van der Waals surface area contributed by atoms with Gasteiger partial charge in [-0.2, -0.15) is 18.3 Å². The Morgan fingerprint density at radius 3 is 2.35 bits per heavy atom. The van der Waals surface area contributed by atoms with Crippen LogP contribution in [0, 0.1) is 0 Å². The van der Waals surface area contributed by atoms with E-state index in [0.29, 0.717) is 6.04 Å². The number of hydrogen-bond donors (Lipinski definition) is 1. The predicted molar refractivity (Wildman–Crippen MR) is 83.1 cm³/mol. The lowest BCUT2D eigenvalue weighted by molar-refractivity contribution is -0.142. The third kappa shape index (κ3) is 4.06. The van der Waals surface area contributed by atoms with Crippen LogP contribution < -0.4 is 5.32 Å². The molecule has 0 unspecified atom stereocenters. The van der Waals surface area contributed by atoms with E-state index >= 15 is 0 Å². The zero-order valence-electron chi connectivity index (χ0n) is 13.2. The molecule has 1 amide bonds. The normalized spacial score (nSPS) is 17.7. The molecule has 1 aromatic rings. The van der Waals surface area contributed by atoms with Crippen molar-refractivity contribution in [3.63, 3.8) is 0 Å². The van der Waals surface area contributed by atoms with Crippen molar-refractivity contribution in [1.82, 2.24) is 20.0 Å². The second-order valence-corrected chi connectivity index (χ2v) is 6.80. The predicted octanol–water partition coefficient (Wildman–Crippen LogP) is 2.80. The zero-order valence-corrected chi connectivity index (χ0v) is 14.8. The first-order chi connectivity index (χ1) is 10.6. The molecule has 1 aromatic heterocycles. The van der Waals surface area contributed by atoms with E-state index in [1.54, 1.807) is 0 Å². The average Bonchev–Trinajstić information content (AvgIpc) is 2.74. The van der Waals surface area contributed by atoms with Gasteiger partial charge in [-0.3, -0.25) is 9.48 Å². The van der Waals surface area contributed by atoms with E-state index in [-0.39, 0.29) is 16.2 Å². The van der Waals surface area contributed by atoms with Crippen molar-refractivity contribution >= 4 is 21.8 Å². The fourth-order valence-electron chi connectivity index (χ4n) is 2.74. The van der Waals surface area contributed by atoms with Gasteiger partial charge in [-0.15, -0.1) is 0 Å². The summed E-state index contributed by atoms with van der Waals surface area (Å²) in [5.41, 5.74) is -1.19. The fraction of sp³-hybridized carbons (Fsp3) is 0.714. The van der Waals surface area contributed by atoms with E-state index in [2.05, 4.69) is 45.1 Å². The van der Waals surface area contributed by atoms with Gasteiger partial charge in [0.2, 0.25) is 0 Å². The van der Waals surface area contributed by atoms with Crippen LogP contribution in [0.3, 0.4) is 0 Å². The molecule has 23 heavy (non-hydrogen) atoms. The van der Waals surface area contributed by atoms with Crippen molar-refractivity contribution in [2.75, 3.05) is 13.1 Å². The number of nitrogens with zero attached hydrogens (tertiary/aromatic N) is 3. The number of nitrogens with one attached hydrogen (secondary N) is 1. The van der Waals surface area contributed by atoms with Crippen molar-refractivity contribution in [3.8, 4) is 0 Å². The van der Waals surface area contributed by atoms with E-state index in [4.69, 9.17) is 0 Å². The molecule has 1 saturated heterocycles. The molecule has 1 aliphatic heterocycles. The van der Waals surface area contributed by atoms with Gasteiger partial charge in [-0.25, -0.2) is 0 Å². The summed E-state index contributed by atoms with van der Waals surface area (Å²) in [6.45, 7) is 5.96. The number of alkyl halides is 3. The van der Waals surface area contributed by atoms with Crippen molar-refractivity contribution in [1.29, 1.82) is 0 Å². The van der Waals surface area contributed by atoms with Gasteiger partial charge in [-0.05, 0) is 42.6 Å². The molecule has 130 valence electrons. The van der Waals surface area contributed by atoms with Gasteiger partial charge in [0.25, 0.3) is 5.91 Å². The number of halogens is 4. The van der Waals surface area contributed by atoms with Crippen LogP contribution in [0.15, 0.2) is 4.47 Å². The number of piperidine rings is 1. The number of aromatic nitrogens is 2. The minimum atomic E-state index is -4.60. The van der Waals surface area contributed by atoms with Crippen LogP contribution in [0.2, 0.25) is 0 Å². The van der Waals surface area contributed by atoms with Gasteiger partial charge < -0.3 is 10.2 Å². The highest BCUT2D eigenvalue weighted by Gasteiger charge is 2.39. The monoisotopic (exact) mass is 396 g/mol. The maximum atomic E-state index is 12.8. The number of carbonyl (C=O) groups excluding carboxylic acids is 1. The van der Waals surface area contributed by atoms with Crippen LogP contribution >= 0.6 is 15.9 Å². The molecule has 0 atom stereocenters. The molecule has 9 heteroatoms. The van der Waals surface area contributed by atoms with Crippen LogP contribution in [-0.2, 0) is 13.2 Å². The summed E-state index contributed by atoms with van der Waals surface area (Å²) in [6, 6.07) is 0.417. The molecule has 2 rings (SSSR count). The van der Waals surface area contributed by atoms with Gasteiger partial charge in [0.1, 0.15) is 5.69 Å². The summed E-state index contributed by atoms with van der Waals surface area (Å²) < 4.78 is 39.2. The summed E-state index contributed by atoms with van der Waals surface area (Å²) in [5.74, 6) is -0.537. The summed E-state index contributed by atoms with van der Waals surface area (Å²) in [7, 11) is 1.33. The van der Waals surface area contributed by atoms with Crippen LogP contribution in [0.25, 0.3) is 0 Å². The molecule has 1 fully saturated rings. The lowest BCUT2D eigenvalue weighted by Gasteiger charge is -2.34. The molecule has 1 N–H and O–H groups in total. The Morgan fingerprint density at radius 1 is 1.35 bits per heavy atom. The van der Waals surface area contributed by atoms with Crippen molar-refractivity contribution < 1.29 is 18.0 Å². The first-order valence-corrected chi connectivity index (χ1v) is 8.25. The van der Waals surface area contributed by atoms with Gasteiger partial charge in [0.05, 0.1) is 4.47 Å². The summed E-state index contributed by atoms with van der Waals surface area (Å²) in [4.78, 5) is 14.6. The Kier molecular flexibility index (Phi) is 5.40. The fourth-order valence-corrected chi connectivity index (χ4v) is 3.48. The van der Waals surface area contributed by atoms with Crippen LogP contribution in [0.5, 0.6) is 0 Å². The van der Waals surface area contributed by atoms with Gasteiger partial charge in [0, 0.05) is 32.2 Å². The third-order valence-corrected chi connectivity index (χ3v) is 4.82. The highest BCUT2D eigenvalue weighted by molar-refractivity contribution is 9.10. The van der Waals surface area contributed by atoms with Gasteiger partial charge in [-0.1, -0.05) is 0 Å². The number of amides is 1. The number of rotatable bonds is 3. The molecule has 2 heterocycles. The second kappa shape index (κ2) is 6.80. The number of carbonyl (C=O) groups is 1. The summed E-state index contributed by atoms with van der Waals surface area (Å²) in [6.07, 6.45) is -3.03. The van der Waals surface area contributed by atoms with Gasteiger partial charge in [0.15, 0.2) is 5.69 Å². The summed E-state index contributed by atoms with van der Waals surface area (Å²) in [5, 5.41) is 6.22. The number of likely N-dealkylation sites (tertiary alicyclic amines) is 1. The van der Waals surface area contributed by atoms with Crippen LogP contribution in [0.1, 0.15) is 42.9 Å². The molecule has 0 spiro atoms. The SMILES string of the molecule is CC(C)N1CCC(NC(=O)c2c(Br)c(C(F)(F)F)nn2C)CC1. The number of aryl methyl sites for hydroxylation is 1. The largest absolute Gasteiger partial charge is 0.436 e. The van der Waals surface area contributed by atoms with Crippen molar-refractivity contribution in [2.45, 2.75) is 44.9 Å². The molecular formula is C14H20BrF3N4O. The highest BCUT2D eigenvalue weighted by atomic mass is 79.9. The number of hydrogen-bond acceptors (Lipinski definition) is 3. The Labute approximate surface area is 141 Å². The van der Waals surface area contributed by atoms with E-state index in [0.717, 1.165) is 30.6 Å². The molecule has 0 aromatic carbocycles. The van der Waals surface area contributed by atoms with Crippen molar-refractivity contribution in [3.05, 3.63) is 15.9 Å². The van der Waals surface area contributed by atoms with E-state index in [9.17, 15) is 18.0 Å². The summed E-state index contributed by atoms with van der Waals surface area (Å²) >= 11 is 2.86. The smallest absolute Gasteiger partial charge is 0.348 e. The van der Waals surface area contributed by atoms with Crippen LogP contribution in [0.4, 0.5) is 13.2 Å². The van der Waals surface area contributed by atoms with E-state index < -0.39 is 17.8 Å². The van der Waals surface area contributed by atoms with E-state index in [1.165, 1.54) is 7.05 Å². The molecule has 5 nitrogen and oxygen atoms in total. The minimum absolute atomic E-state index is 0.0337. The van der Waals surface area contributed by atoms with Crippen LogP contribution in [-0.4, -0.2) is 45.8 Å². The topological polar surface area (TPSA) is 50.2 Å². The molecule has 0 bridgehead atoms. The first kappa shape index (κ1) is 18.3. The second-order valence-electron chi connectivity index (χ2n) is 6.01. The third-order valence-electron chi connectivity index (χ3n) is 4.07. The Bertz CT molecular complexity index is 577. The maximum absolute atomic E-state index is 12.8. The maximum Gasteiger partial charge on any atom is 0.436 e. The van der Waals surface area contributed by atoms with E-state index in [1.807, 2.05) is 0 Å². The standard InChI is InChI=1S/C14H20BrF3N4O/c1-8(2)22-6-4-9(5-7-22)19-13(23)11-10(15)12(14(16,17)18)20-21(11)3/h8-9H,4-7H2,1-3H3,(H,19,23). The molecule has 0 saturated carbocycles. The van der Waals surface area contributed by atoms with Crippen molar-refractivity contribution in [2.24, 2.45) is 7.05 Å².